The van der Waals surface area contributed by atoms with Crippen LogP contribution in [-0.4, -0.2) is 4.57 Å². The third-order valence-electron chi connectivity index (χ3n) is 9.40. The van der Waals surface area contributed by atoms with Crippen LogP contribution in [0.2, 0.25) is 0 Å². The first-order chi connectivity index (χ1) is 23.2. The van der Waals surface area contributed by atoms with Gasteiger partial charge in [-0.15, -0.1) is 0 Å². The zero-order valence-corrected chi connectivity index (χ0v) is 25.1. The summed E-state index contributed by atoms with van der Waals surface area (Å²) < 4.78 is 14.6. The molecule has 10 rings (SSSR count). The van der Waals surface area contributed by atoms with E-state index in [0.717, 1.165) is 93.6 Å². The van der Waals surface area contributed by atoms with E-state index >= 15 is 0 Å². The molecular weight excluding hydrogens is 576 g/mol. The third-order valence-corrected chi connectivity index (χ3v) is 9.40. The summed E-state index contributed by atoms with van der Waals surface area (Å²) >= 11 is 0. The highest BCUT2D eigenvalue weighted by atomic mass is 16.3. The van der Waals surface area contributed by atoms with Gasteiger partial charge in [-0.05, 0) is 89.0 Å². The molecule has 0 amide bonds. The van der Waals surface area contributed by atoms with Crippen LogP contribution >= 0.6 is 0 Å². The number of nitriles is 1. The van der Waals surface area contributed by atoms with E-state index < -0.39 is 0 Å². The van der Waals surface area contributed by atoms with Crippen LogP contribution in [0.4, 0.5) is 0 Å². The van der Waals surface area contributed by atoms with Crippen LogP contribution in [-0.2, 0) is 0 Å². The lowest BCUT2D eigenvalue weighted by Crippen LogP contribution is -1.96. The van der Waals surface area contributed by atoms with E-state index in [-0.39, 0.29) is 0 Å². The van der Waals surface area contributed by atoms with Gasteiger partial charge in [0.1, 0.15) is 22.3 Å². The van der Waals surface area contributed by atoms with Crippen LogP contribution in [0.3, 0.4) is 0 Å². The lowest BCUT2D eigenvalue weighted by Gasteiger charge is -2.12. The number of fused-ring (bicyclic) bond motifs is 9. The van der Waals surface area contributed by atoms with Crippen LogP contribution in [0, 0.1) is 11.3 Å². The summed E-state index contributed by atoms with van der Waals surface area (Å²) in [7, 11) is 0. The molecule has 7 aromatic carbocycles. The van der Waals surface area contributed by atoms with Crippen molar-refractivity contribution in [2.45, 2.75) is 0 Å². The van der Waals surface area contributed by atoms with E-state index in [4.69, 9.17) is 8.83 Å². The van der Waals surface area contributed by atoms with Crippen molar-refractivity contribution in [3.63, 3.8) is 0 Å². The van der Waals surface area contributed by atoms with Crippen LogP contribution in [0.15, 0.2) is 154 Å². The summed E-state index contributed by atoms with van der Waals surface area (Å²) in [5, 5.41) is 16.9. The molecule has 4 nitrogen and oxygen atoms in total. The Morgan fingerprint density at radius 3 is 1.94 bits per heavy atom. The fourth-order valence-corrected chi connectivity index (χ4v) is 7.31. The molecule has 0 unspecified atom stereocenters. The zero-order chi connectivity index (χ0) is 31.1. The number of hydrogen-bond donors (Lipinski definition) is 0. The topological polar surface area (TPSA) is 55.0 Å². The van der Waals surface area contributed by atoms with Crippen LogP contribution < -0.4 is 0 Å². The quantitative estimate of drug-likeness (QED) is 0.203. The van der Waals surface area contributed by atoms with Crippen LogP contribution in [0.5, 0.6) is 0 Å². The maximum absolute atomic E-state index is 10.2. The lowest BCUT2D eigenvalue weighted by atomic mass is 9.97. The molecule has 0 saturated carbocycles. The molecule has 0 radical (unpaired) electrons. The molecule has 3 aromatic heterocycles. The average Bonchev–Trinajstić information content (AvgIpc) is 3.80. The normalized spacial score (nSPS) is 11.8. The van der Waals surface area contributed by atoms with Gasteiger partial charge in [0.05, 0.1) is 22.7 Å². The highest BCUT2D eigenvalue weighted by molar-refractivity contribution is 6.13. The number of furan rings is 2. The molecule has 0 bridgehead atoms. The first-order valence-corrected chi connectivity index (χ1v) is 15.6. The van der Waals surface area contributed by atoms with Gasteiger partial charge in [-0.25, -0.2) is 0 Å². The van der Waals surface area contributed by atoms with Crippen molar-refractivity contribution in [2.75, 3.05) is 0 Å². The molecule has 3 heterocycles. The maximum Gasteiger partial charge on any atom is 0.136 e. The van der Waals surface area contributed by atoms with Crippen LogP contribution in [0.1, 0.15) is 5.56 Å². The van der Waals surface area contributed by atoms with Crippen molar-refractivity contribution in [1.82, 2.24) is 4.57 Å². The Balaban J connectivity index is 1.19. The Bertz CT molecular complexity index is 2930. The molecular formula is C43H24N2O2. The van der Waals surface area contributed by atoms with E-state index in [0.29, 0.717) is 5.56 Å². The highest BCUT2D eigenvalue weighted by Crippen LogP contribution is 2.40. The molecule has 10 aromatic rings. The van der Waals surface area contributed by atoms with Crippen molar-refractivity contribution in [3.05, 3.63) is 151 Å². The van der Waals surface area contributed by atoms with Gasteiger partial charge in [-0.3, -0.25) is 0 Å². The van der Waals surface area contributed by atoms with Crippen LogP contribution in [0.25, 0.3) is 93.6 Å². The molecule has 47 heavy (non-hydrogen) atoms. The van der Waals surface area contributed by atoms with Gasteiger partial charge >= 0.3 is 0 Å². The lowest BCUT2D eigenvalue weighted by molar-refractivity contribution is 0.668. The minimum Gasteiger partial charge on any atom is -0.456 e. The van der Waals surface area contributed by atoms with Crippen molar-refractivity contribution < 1.29 is 8.83 Å². The molecule has 0 saturated heterocycles. The Morgan fingerprint density at radius 1 is 0.447 bits per heavy atom. The molecule has 0 aliphatic carbocycles. The summed E-state index contributed by atoms with van der Waals surface area (Å²) in [6, 6.07) is 52.6. The monoisotopic (exact) mass is 600 g/mol. The largest absolute Gasteiger partial charge is 0.456 e. The second kappa shape index (κ2) is 9.71. The summed E-state index contributed by atoms with van der Waals surface area (Å²) in [6.07, 6.45) is 0. The third kappa shape index (κ3) is 3.81. The van der Waals surface area contributed by atoms with E-state index in [1.54, 1.807) is 0 Å². The Kier molecular flexibility index (Phi) is 5.32. The van der Waals surface area contributed by atoms with Crippen molar-refractivity contribution >= 4 is 65.7 Å². The van der Waals surface area contributed by atoms with Gasteiger partial charge in [-0.1, -0.05) is 78.9 Å². The number of aromatic nitrogens is 1. The minimum atomic E-state index is 0.602. The Labute approximate surface area is 268 Å². The fraction of sp³-hybridized carbons (Fsp3) is 0. The van der Waals surface area contributed by atoms with Gasteiger partial charge in [0.2, 0.25) is 0 Å². The molecule has 0 aliphatic rings. The predicted molar refractivity (Wildman–Crippen MR) is 191 cm³/mol. The van der Waals surface area contributed by atoms with E-state index in [2.05, 4.69) is 102 Å². The van der Waals surface area contributed by atoms with E-state index in [9.17, 15) is 5.26 Å². The van der Waals surface area contributed by atoms with Gasteiger partial charge in [-0.2, -0.15) is 5.26 Å². The molecule has 0 aliphatic heterocycles. The Hall–Kier alpha value is -6.57. The van der Waals surface area contributed by atoms with Gasteiger partial charge in [0, 0.05) is 38.0 Å². The second-order valence-electron chi connectivity index (χ2n) is 12.1. The van der Waals surface area contributed by atoms with Gasteiger partial charge < -0.3 is 13.4 Å². The van der Waals surface area contributed by atoms with Crippen molar-refractivity contribution in [3.8, 4) is 34.0 Å². The Morgan fingerprint density at radius 2 is 1.09 bits per heavy atom. The standard InChI is InChI=1S/C43H24N2O2/c44-25-26-20-29(31-11-7-15-42-43(31)34-10-3-6-14-40(34)47-42)22-30(21-26)45-37-12-4-1-8-32(37)35-23-27(16-18-38(35)45)28-17-19-41-36(24-28)33-9-2-5-13-39(33)46-41/h1-24H. The summed E-state index contributed by atoms with van der Waals surface area (Å²) in [5.74, 6) is 0. The smallest absolute Gasteiger partial charge is 0.136 e. The number of benzene rings is 7. The maximum atomic E-state index is 10.2. The first kappa shape index (κ1) is 25.7. The predicted octanol–water partition coefficient (Wildman–Crippen LogP) is 11.8. The summed E-state index contributed by atoms with van der Waals surface area (Å²) in [5.41, 5.74) is 11.5. The zero-order valence-electron chi connectivity index (χ0n) is 25.1. The SMILES string of the molecule is N#Cc1cc(-c2cccc3oc4ccccc4c23)cc(-n2c3ccccc3c3cc(-c4ccc5oc6ccccc6c5c4)ccc32)c1. The van der Waals surface area contributed by atoms with Crippen molar-refractivity contribution in [1.29, 1.82) is 5.26 Å². The number of para-hydroxylation sites is 3. The first-order valence-electron chi connectivity index (χ1n) is 15.6. The summed E-state index contributed by atoms with van der Waals surface area (Å²) in [4.78, 5) is 0. The molecule has 0 fully saturated rings. The number of rotatable bonds is 3. The molecule has 4 heteroatoms. The van der Waals surface area contributed by atoms with Gasteiger partial charge in [0.25, 0.3) is 0 Å². The number of nitrogens with zero attached hydrogens (tertiary/aromatic N) is 2. The molecule has 0 N–H and O–H groups in total. The average molecular weight is 601 g/mol. The second-order valence-corrected chi connectivity index (χ2v) is 12.1. The molecule has 0 spiro atoms. The van der Waals surface area contributed by atoms with E-state index in [1.807, 2.05) is 54.6 Å². The fourth-order valence-electron chi connectivity index (χ4n) is 7.31. The highest BCUT2D eigenvalue weighted by Gasteiger charge is 2.18. The summed E-state index contributed by atoms with van der Waals surface area (Å²) in [6.45, 7) is 0. The van der Waals surface area contributed by atoms with E-state index in [1.165, 1.54) is 0 Å². The van der Waals surface area contributed by atoms with Gasteiger partial charge in [0.15, 0.2) is 0 Å². The molecule has 0 atom stereocenters. The molecule has 218 valence electrons. The minimum absolute atomic E-state index is 0.602. The number of hydrogen-bond acceptors (Lipinski definition) is 3. The van der Waals surface area contributed by atoms with Crippen molar-refractivity contribution in [2.24, 2.45) is 0 Å².